The molecule has 5 heteroatoms. The standard InChI is InChI=1S/C24H36ClN3O/c1-17(2)27-8-7-26-16-28(23(29)21-5-3-4-6-22(21)25)15-24-12-18-9-19(13-24)11-20(10-18)14-24/h3-6,17-20,26-27H,7-16H2,1-2H3. The number of rotatable bonds is 9. The summed E-state index contributed by atoms with van der Waals surface area (Å²) in [6.45, 7) is 7.52. The number of amides is 1. The lowest BCUT2D eigenvalue weighted by Crippen LogP contribution is -2.53. The second kappa shape index (κ2) is 8.95. The van der Waals surface area contributed by atoms with Gasteiger partial charge in [0.25, 0.3) is 5.91 Å². The summed E-state index contributed by atoms with van der Waals surface area (Å²) < 4.78 is 0. The van der Waals surface area contributed by atoms with Crippen LogP contribution in [-0.2, 0) is 0 Å². The number of hydrogen-bond acceptors (Lipinski definition) is 3. The Morgan fingerprint density at radius 1 is 1.10 bits per heavy atom. The lowest BCUT2D eigenvalue weighted by Gasteiger charge is -2.57. The second-order valence-corrected chi connectivity index (χ2v) is 10.6. The third-order valence-corrected chi connectivity index (χ3v) is 7.57. The number of carbonyl (C=O) groups is 1. The van der Waals surface area contributed by atoms with E-state index in [1.54, 1.807) is 0 Å². The molecule has 160 valence electrons. The van der Waals surface area contributed by atoms with Gasteiger partial charge in [-0.2, -0.15) is 0 Å². The lowest BCUT2D eigenvalue weighted by atomic mass is 9.49. The van der Waals surface area contributed by atoms with E-state index >= 15 is 0 Å². The fourth-order valence-electron chi connectivity index (χ4n) is 6.56. The Morgan fingerprint density at radius 2 is 1.72 bits per heavy atom. The molecule has 4 fully saturated rings. The Balaban J connectivity index is 1.46. The van der Waals surface area contributed by atoms with Crippen LogP contribution in [0.2, 0.25) is 5.02 Å². The molecule has 1 aromatic rings. The Labute approximate surface area is 180 Å². The van der Waals surface area contributed by atoms with Gasteiger partial charge in [0.1, 0.15) is 0 Å². The molecule has 0 spiro atoms. The van der Waals surface area contributed by atoms with E-state index in [0.29, 0.717) is 28.7 Å². The summed E-state index contributed by atoms with van der Waals surface area (Å²) in [5, 5.41) is 7.47. The fraction of sp³-hybridized carbons (Fsp3) is 0.708. The van der Waals surface area contributed by atoms with Crippen LogP contribution in [0.25, 0.3) is 0 Å². The van der Waals surface area contributed by atoms with Crippen LogP contribution in [0.3, 0.4) is 0 Å². The summed E-state index contributed by atoms with van der Waals surface area (Å²) in [6, 6.07) is 7.94. The van der Waals surface area contributed by atoms with Crippen molar-refractivity contribution in [2.75, 3.05) is 26.3 Å². The molecule has 1 aromatic carbocycles. The van der Waals surface area contributed by atoms with Crippen LogP contribution in [0.5, 0.6) is 0 Å². The smallest absolute Gasteiger partial charge is 0.256 e. The zero-order valence-corrected chi connectivity index (χ0v) is 18.7. The van der Waals surface area contributed by atoms with Crippen molar-refractivity contribution >= 4 is 17.5 Å². The molecule has 1 amide bonds. The maximum absolute atomic E-state index is 13.4. The minimum absolute atomic E-state index is 0.0654. The maximum atomic E-state index is 13.4. The molecule has 0 radical (unpaired) electrons. The number of nitrogens with one attached hydrogen (secondary N) is 2. The zero-order valence-electron chi connectivity index (χ0n) is 17.9. The van der Waals surface area contributed by atoms with E-state index in [2.05, 4.69) is 24.5 Å². The maximum Gasteiger partial charge on any atom is 0.256 e. The minimum atomic E-state index is 0.0654. The van der Waals surface area contributed by atoms with Crippen molar-refractivity contribution in [2.24, 2.45) is 23.2 Å². The molecule has 4 saturated carbocycles. The van der Waals surface area contributed by atoms with Gasteiger partial charge in [0.05, 0.1) is 17.3 Å². The molecular weight excluding hydrogens is 382 g/mol. The molecule has 4 nitrogen and oxygen atoms in total. The monoisotopic (exact) mass is 417 g/mol. The Hall–Kier alpha value is -1.10. The molecule has 0 aliphatic heterocycles. The van der Waals surface area contributed by atoms with Gasteiger partial charge >= 0.3 is 0 Å². The summed E-state index contributed by atoms with van der Waals surface area (Å²) in [6.07, 6.45) is 8.20. The fourth-order valence-corrected chi connectivity index (χ4v) is 6.77. The van der Waals surface area contributed by atoms with Crippen LogP contribution >= 0.6 is 11.6 Å². The number of nitrogens with zero attached hydrogens (tertiary/aromatic N) is 1. The SMILES string of the molecule is CC(C)NCCNCN(CC12CC3CC(CC(C3)C1)C2)C(=O)c1ccccc1Cl. The van der Waals surface area contributed by atoms with Gasteiger partial charge in [0.2, 0.25) is 0 Å². The Morgan fingerprint density at radius 3 is 2.31 bits per heavy atom. The molecule has 0 unspecified atom stereocenters. The summed E-state index contributed by atoms with van der Waals surface area (Å²) >= 11 is 6.38. The van der Waals surface area contributed by atoms with Crippen LogP contribution in [0, 0.1) is 23.2 Å². The predicted molar refractivity (Wildman–Crippen MR) is 119 cm³/mol. The van der Waals surface area contributed by atoms with E-state index in [4.69, 9.17) is 11.6 Å². The Kier molecular flexibility index (Phi) is 6.53. The first-order valence-electron chi connectivity index (χ1n) is 11.4. The Bertz CT molecular complexity index is 685. The summed E-state index contributed by atoms with van der Waals surface area (Å²) in [4.78, 5) is 15.5. The number of halogens is 1. The van der Waals surface area contributed by atoms with Crippen LogP contribution in [0.1, 0.15) is 62.7 Å². The van der Waals surface area contributed by atoms with Gasteiger partial charge in [-0.3, -0.25) is 10.1 Å². The molecule has 4 aliphatic carbocycles. The molecule has 5 rings (SSSR count). The van der Waals surface area contributed by atoms with Crippen LogP contribution in [0.15, 0.2) is 24.3 Å². The van der Waals surface area contributed by atoms with Crippen molar-refractivity contribution in [1.29, 1.82) is 0 Å². The third-order valence-electron chi connectivity index (χ3n) is 7.24. The van der Waals surface area contributed by atoms with E-state index in [-0.39, 0.29) is 5.91 Å². The summed E-state index contributed by atoms with van der Waals surface area (Å²) in [5.41, 5.74) is 0.949. The molecule has 2 N–H and O–H groups in total. The van der Waals surface area contributed by atoms with Crippen molar-refractivity contribution < 1.29 is 4.79 Å². The first-order valence-corrected chi connectivity index (χ1v) is 11.8. The van der Waals surface area contributed by atoms with E-state index < -0.39 is 0 Å². The normalized spacial score (nSPS) is 30.1. The van der Waals surface area contributed by atoms with E-state index in [1.807, 2.05) is 29.2 Å². The van der Waals surface area contributed by atoms with Crippen molar-refractivity contribution in [1.82, 2.24) is 15.5 Å². The number of hydrogen-bond donors (Lipinski definition) is 2. The first-order chi connectivity index (χ1) is 13.9. The highest BCUT2D eigenvalue weighted by atomic mass is 35.5. The van der Waals surface area contributed by atoms with Crippen molar-refractivity contribution in [3.63, 3.8) is 0 Å². The van der Waals surface area contributed by atoms with Crippen molar-refractivity contribution in [3.05, 3.63) is 34.9 Å². The zero-order chi connectivity index (χ0) is 20.4. The predicted octanol–water partition coefficient (Wildman–Crippen LogP) is 4.54. The van der Waals surface area contributed by atoms with Gasteiger partial charge in [-0.1, -0.05) is 37.6 Å². The molecule has 0 atom stereocenters. The molecule has 0 saturated heterocycles. The highest BCUT2D eigenvalue weighted by molar-refractivity contribution is 6.33. The average Bonchev–Trinajstić information content (AvgIpc) is 2.65. The highest BCUT2D eigenvalue weighted by Gasteiger charge is 2.51. The largest absolute Gasteiger partial charge is 0.325 e. The van der Waals surface area contributed by atoms with Gasteiger partial charge in [-0.15, -0.1) is 0 Å². The summed E-state index contributed by atoms with van der Waals surface area (Å²) in [5.74, 6) is 2.74. The average molecular weight is 418 g/mol. The molecule has 0 heterocycles. The van der Waals surface area contributed by atoms with Gasteiger partial charge in [-0.05, 0) is 73.8 Å². The van der Waals surface area contributed by atoms with E-state index in [9.17, 15) is 4.79 Å². The lowest BCUT2D eigenvalue weighted by molar-refractivity contribution is -0.0659. The highest BCUT2D eigenvalue weighted by Crippen LogP contribution is 2.60. The molecule has 4 bridgehead atoms. The third kappa shape index (κ3) is 4.98. The van der Waals surface area contributed by atoms with Gasteiger partial charge in [0, 0.05) is 25.7 Å². The topological polar surface area (TPSA) is 44.4 Å². The number of carbonyl (C=O) groups excluding carboxylic acids is 1. The summed E-state index contributed by atoms with van der Waals surface area (Å²) in [7, 11) is 0. The molecule has 29 heavy (non-hydrogen) atoms. The van der Waals surface area contributed by atoms with E-state index in [1.165, 1.54) is 38.5 Å². The van der Waals surface area contributed by atoms with Crippen molar-refractivity contribution in [3.8, 4) is 0 Å². The van der Waals surface area contributed by atoms with Gasteiger partial charge < -0.3 is 10.2 Å². The van der Waals surface area contributed by atoms with Crippen LogP contribution in [0.4, 0.5) is 0 Å². The van der Waals surface area contributed by atoms with Crippen LogP contribution in [-0.4, -0.2) is 43.2 Å². The minimum Gasteiger partial charge on any atom is -0.325 e. The number of benzene rings is 1. The van der Waals surface area contributed by atoms with Gasteiger partial charge in [0.15, 0.2) is 0 Å². The molecule has 4 aliphatic rings. The van der Waals surface area contributed by atoms with Crippen molar-refractivity contribution in [2.45, 2.75) is 58.4 Å². The van der Waals surface area contributed by atoms with Crippen LogP contribution < -0.4 is 10.6 Å². The molecule has 0 aromatic heterocycles. The molecular formula is C24H36ClN3O. The van der Waals surface area contributed by atoms with Gasteiger partial charge in [-0.25, -0.2) is 0 Å². The first kappa shape index (κ1) is 21.1. The van der Waals surface area contributed by atoms with E-state index in [0.717, 1.165) is 37.4 Å². The second-order valence-electron chi connectivity index (χ2n) is 10.2. The quantitative estimate of drug-likeness (QED) is 0.457.